The second-order valence-corrected chi connectivity index (χ2v) is 14.0. The predicted molar refractivity (Wildman–Crippen MR) is 223 cm³/mol. The van der Waals surface area contributed by atoms with E-state index in [9.17, 15) is 14.7 Å². The number of hydrogen-bond donors (Lipinski definition) is 1. The van der Waals surface area contributed by atoms with Crippen molar-refractivity contribution in [1.29, 1.82) is 0 Å². The highest BCUT2D eigenvalue weighted by Gasteiger charge is 2.16. The van der Waals surface area contributed by atoms with E-state index in [0.717, 1.165) is 89.9 Å². The number of hydrogen-bond acceptors (Lipinski definition) is 5. The maximum Gasteiger partial charge on any atom is 0.306 e. The van der Waals surface area contributed by atoms with Crippen LogP contribution in [0.3, 0.4) is 0 Å². The molecule has 0 aromatic heterocycles. The molecule has 5 nitrogen and oxygen atoms in total. The lowest BCUT2D eigenvalue weighted by Crippen LogP contribution is -2.28. The van der Waals surface area contributed by atoms with Crippen LogP contribution in [-0.4, -0.2) is 36.4 Å². The van der Waals surface area contributed by atoms with Crippen LogP contribution in [-0.2, 0) is 19.1 Å². The van der Waals surface area contributed by atoms with Gasteiger partial charge >= 0.3 is 11.9 Å². The third kappa shape index (κ3) is 40.1. The first kappa shape index (κ1) is 49.3. The van der Waals surface area contributed by atoms with Crippen molar-refractivity contribution in [3.05, 3.63) is 72.9 Å². The summed E-state index contributed by atoms with van der Waals surface area (Å²) in [5.74, 6) is -0.623. The monoisotopic (exact) mass is 725 g/mol. The van der Waals surface area contributed by atoms with Crippen LogP contribution in [0.4, 0.5) is 0 Å². The fourth-order valence-corrected chi connectivity index (χ4v) is 5.75. The molecule has 0 spiro atoms. The van der Waals surface area contributed by atoms with Gasteiger partial charge in [-0.15, -0.1) is 0 Å². The van der Waals surface area contributed by atoms with E-state index in [4.69, 9.17) is 9.47 Å². The Bertz CT molecular complexity index is 957. The largest absolute Gasteiger partial charge is 0.462 e. The van der Waals surface area contributed by atoms with Crippen LogP contribution in [0.2, 0.25) is 0 Å². The zero-order chi connectivity index (χ0) is 37.8. The van der Waals surface area contributed by atoms with E-state index in [0.29, 0.717) is 12.8 Å². The molecular weight excluding hydrogens is 645 g/mol. The molecule has 0 bridgehead atoms. The number of ether oxygens (including phenoxy) is 2. The third-order valence-electron chi connectivity index (χ3n) is 8.98. The fourth-order valence-electron chi connectivity index (χ4n) is 5.75. The number of aliphatic hydroxyl groups is 1. The molecule has 1 N–H and O–H groups in total. The van der Waals surface area contributed by atoms with Gasteiger partial charge in [-0.1, -0.05) is 170 Å². The van der Waals surface area contributed by atoms with Gasteiger partial charge in [-0.25, -0.2) is 0 Å². The Hall–Kier alpha value is -2.66. The molecular formula is C47H80O5. The van der Waals surface area contributed by atoms with Crippen molar-refractivity contribution < 1.29 is 24.2 Å². The van der Waals surface area contributed by atoms with Crippen molar-refractivity contribution in [2.45, 2.75) is 200 Å². The number of carbonyl (C=O) groups excluding carboxylic acids is 2. The number of esters is 2. The first-order valence-corrected chi connectivity index (χ1v) is 21.5. The zero-order valence-electron chi connectivity index (χ0n) is 33.8. The SMILES string of the molecule is CC/C=C\C/C=C\C/C=C\CCCCCCCC(=O)OCC(CO)OC(=O)CCCCCCCCCC/C=C\C/C=C\C/C=C\CCCCCCC. The topological polar surface area (TPSA) is 72.8 Å². The summed E-state index contributed by atoms with van der Waals surface area (Å²) in [5, 5.41) is 9.57. The predicted octanol–water partition coefficient (Wildman–Crippen LogP) is 13.7. The first-order chi connectivity index (χ1) is 25.6. The van der Waals surface area contributed by atoms with Crippen LogP contribution in [0, 0.1) is 0 Å². The van der Waals surface area contributed by atoms with Crippen molar-refractivity contribution in [1.82, 2.24) is 0 Å². The molecule has 0 rings (SSSR count). The Labute approximate surface area is 321 Å². The van der Waals surface area contributed by atoms with Gasteiger partial charge in [0.1, 0.15) is 6.61 Å². The standard InChI is InChI=1S/C47H80O5/c1-3-5-7-9-11-13-15-17-19-20-21-22-23-24-25-26-28-30-32-34-36-38-40-42-47(50)52-45(43-48)44-51-46(49)41-39-37-35-33-31-29-27-18-16-14-12-10-8-6-4-2/h6,8,12,14-15,17-18,20-21,23-24,27,45,48H,3-5,7,9-11,13,16,19,22,25-26,28-44H2,1-2H3/b8-6-,14-12-,17-15-,21-20-,24-23-,27-18-. The van der Waals surface area contributed by atoms with Crippen LogP contribution in [0.25, 0.3) is 0 Å². The zero-order valence-corrected chi connectivity index (χ0v) is 33.8. The minimum absolute atomic E-state index is 0.0813. The van der Waals surface area contributed by atoms with Gasteiger partial charge in [-0.05, 0) is 83.5 Å². The molecule has 52 heavy (non-hydrogen) atoms. The summed E-state index contributed by atoms with van der Waals surface area (Å²) in [4.78, 5) is 24.3. The van der Waals surface area contributed by atoms with Crippen molar-refractivity contribution in [2.24, 2.45) is 0 Å². The van der Waals surface area contributed by atoms with Gasteiger partial charge in [0.15, 0.2) is 6.10 Å². The van der Waals surface area contributed by atoms with Gasteiger partial charge in [-0.2, -0.15) is 0 Å². The van der Waals surface area contributed by atoms with Gasteiger partial charge in [0, 0.05) is 12.8 Å². The van der Waals surface area contributed by atoms with Crippen LogP contribution >= 0.6 is 0 Å². The molecule has 0 aliphatic carbocycles. The van der Waals surface area contributed by atoms with Crippen molar-refractivity contribution >= 4 is 11.9 Å². The molecule has 298 valence electrons. The van der Waals surface area contributed by atoms with Gasteiger partial charge in [0.25, 0.3) is 0 Å². The second-order valence-electron chi connectivity index (χ2n) is 14.0. The number of carbonyl (C=O) groups is 2. The summed E-state index contributed by atoms with van der Waals surface area (Å²) in [6.45, 7) is 3.99. The van der Waals surface area contributed by atoms with Gasteiger partial charge in [-0.3, -0.25) is 9.59 Å². The van der Waals surface area contributed by atoms with Crippen molar-refractivity contribution in [3.8, 4) is 0 Å². The second kappa shape index (κ2) is 42.8. The molecule has 0 saturated carbocycles. The third-order valence-corrected chi connectivity index (χ3v) is 8.98. The average Bonchev–Trinajstić information content (AvgIpc) is 3.15. The lowest BCUT2D eigenvalue weighted by Gasteiger charge is -2.15. The lowest BCUT2D eigenvalue weighted by molar-refractivity contribution is -0.161. The quantitative estimate of drug-likeness (QED) is 0.0390. The Morgan fingerprint density at radius 3 is 1.25 bits per heavy atom. The Morgan fingerprint density at radius 1 is 0.462 bits per heavy atom. The van der Waals surface area contributed by atoms with E-state index < -0.39 is 6.10 Å². The van der Waals surface area contributed by atoms with Gasteiger partial charge in [0.2, 0.25) is 0 Å². The Balaban J connectivity index is 3.59. The molecule has 1 atom stereocenters. The molecule has 0 radical (unpaired) electrons. The normalized spacial score (nSPS) is 12.9. The van der Waals surface area contributed by atoms with Crippen molar-refractivity contribution in [3.63, 3.8) is 0 Å². The number of rotatable bonds is 38. The molecule has 0 aliphatic heterocycles. The van der Waals surface area contributed by atoms with Gasteiger partial charge in [0.05, 0.1) is 6.61 Å². The summed E-state index contributed by atoms with van der Waals surface area (Å²) in [6, 6.07) is 0. The molecule has 0 saturated heterocycles. The van der Waals surface area contributed by atoms with Crippen molar-refractivity contribution in [2.75, 3.05) is 13.2 Å². The smallest absolute Gasteiger partial charge is 0.306 e. The molecule has 0 aromatic rings. The Morgan fingerprint density at radius 2 is 0.827 bits per heavy atom. The summed E-state index contributed by atoms with van der Waals surface area (Å²) < 4.78 is 10.6. The van der Waals surface area contributed by atoms with Gasteiger partial charge < -0.3 is 14.6 Å². The summed E-state index contributed by atoms with van der Waals surface area (Å²) >= 11 is 0. The highest BCUT2D eigenvalue weighted by molar-refractivity contribution is 5.70. The maximum absolute atomic E-state index is 12.2. The number of unbranched alkanes of at least 4 members (excludes halogenated alkanes) is 18. The minimum Gasteiger partial charge on any atom is -0.462 e. The fraction of sp³-hybridized carbons (Fsp3) is 0.702. The lowest BCUT2D eigenvalue weighted by atomic mass is 10.1. The molecule has 0 heterocycles. The minimum atomic E-state index is -0.786. The summed E-state index contributed by atoms with van der Waals surface area (Å²) in [7, 11) is 0. The molecule has 5 heteroatoms. The highest BCUT2D eigenvalue weighted by atomic mass is 16.6. The van der Waals surface area contributed by atoms with Crippen LogP contribution in [0.5, 0.6) is 0 Å². The van der Waals surface area contributed by atoms with E-state index in [-0.39, 0.29) is 25.2 Å². The van der Waals surface area contributed by atoms with Crippen LogP contribution < -0.4 is 0 Å². The average molecular weight is 725 g/mol. The van der Waals surface area contributed by atoms with E-state index in [2.05, 4.69) is 86.8 Å². The van der Waals surface area contributed by atoms with E-state index in [1.54, 1.807) is 0 Å². The summed E-state index contributed by atoms with van der Waals surface area (Å²) in [6.07, 6.45) is 56.8. The molecule has 1 unspecified atom stereocenters. The highest BCUT2D eigenvalue weighted by Crippen LogP contribution is 2.13. The summed E-state index contributed by atoms with van der Waals surface area (Å²) in [5.41, 5.74) is 0. The van der Waals surface area contributed by atoms with E-state index in [1.807, 2.05) is 0 Å². The van der Waals surface area contributed by atoms with E-state index >= 15 is 0 Å². The molecule has 0 aliphatic rings. The molecule has 0 fully saturated rings. The first-order valence-electron chi connectivity index (χ1n) is 21.5. The van der Waals surface area contributed by atoms with Crippen LogP contribution in [0.15, 0.2) is 72.9 Å². The number of allylic oxidation sites excluding steroid dienone is 12. The number of aliphatic hydroxyl groups excluding tert-OH is 1. The van der Waals surface area contributed by atoms with Crippen LogP contribution in [0.1, 0.15) is 194 Å². The molecule has 0 amide bonds. The maximum atomic E-state index is 12.2. The molecule has 0 aromatic carbocycles. The Kier molecular flexibility index (Phi) is 40.6. The van der Waals surface area contributed by atoms with E-state index in [1.165, 1.54) is 77.0 Å².